The van der Waals surface area contributed by atoms with Gasteiger partial charge in [-0.25, -0.2) is 9.67 Å². The van der Waals surface area contributed by atoms with Gasteiger partial charge in [-0.1, -0.05) is 11.6 Å². The first-order valence-electron chi connectivity index (χ1n) is 6.86. The fraction of sp³-hybridized carbons (Fsp3) is 0.400. The van der Waals surface area contributed by atoms with Crippen LogP contribution in [0.4, 0.5) is 5.69 Å². The third-order valence-electron chi connectivity index (χ3n) is 2.77. The van der Waals surface area contributed by atoms with E-state index in [-0.39, 0.29) is 16.2 Å². The zero-order valence-electron chi connectivity index (χ0n) is 13.1. The van der Waals surface area contributed by atoms with E-state index in [1.807, 2.05) is 32.9 Å². The Labute approximate surface area is 134 Å². The topological polar surface area (TPSA) is 69.0 Å². The van der Waals surface area contributed by atoms with Crippen LogP contribution < -0.4 is 15.6 Å². The highest BCUT2D eigenvalue weighted by Gasteiger charge is 2.13. The van der Waals surface area contributed by atoms with Gasteiger partial charge in [0.25, 0.3) is 5.56 Å². The number of aryl methyl sites for hydroxylation is 1. The molecule has 0 aliphatic carbocycles. The number of hydrogen-bond acceptors (Lipinski definition) is 5. The number of nitrogens with one attached hydrogen (secondary N) is 1. The molecule has 0 amide bonds. The molecule has 2 rings (SSSR count). The summed E-state index contributed by atoms with van der Waals surface area (Å²) in [6, 6.07) is 3.71. The largest absolute Gasteiger partial charge is 0.472 e. The molecule has 0 spiro atoms. The predicted molar refractivity (Wildman–Crippen MR) is 86.4 cm³/mol. The van der Waals surface area contributed by atoms with Crippen LogP contribution in [-0.4, -0.2) is 20.4 Å². The lowest BCUT2D eigenvalue weighted by molar-refractivity contribution is 0.124. The van der Waals surface area contributed by atoms with Crippen LogP contribution in [0.1, 0.15) is 26.3 Å². The minimum atomic E-state index is -0.335. The van der Waals surface area contributed by atoms with Gasteiger partial charge in [0.2, 0.25) is 5.88 Å². The lowest BCUT2D eigenvalue weighted by Crippen LogP contribution is -2.23. The summed E-state index contributed by atoms with van der Waals surface area (Å²) in [6.45, 7) is 6.37. The highest BCUT2D eigenvalue weighted by atomic mass is 35.5. The van der Waals surface area contributed by atoms with Crippen LogP contribution in [0.25, 0.3) is 0 Å². The van der Waals surface area contributed by atoms with Crippen molar-refractivity contribution in [1.82, 2.24) is 14.8 Å². The Balaban J connectivity index is 2.11. The molecule has 0 atom stereocenters. The number of ether oxygens (including phenoxy) is 1. The highest BCUT2D eigenvalue weighted by Crippen LogP contribution is 2.19. The highest BCUT2D eigenvalue weighted by molar-refractivity contribution is 6.32. The van der Waals surface area contributed by atoms with E-state index in [9.17, 15) is 4.79 Å². The molecular weight excluding hydrogens is 304 g/mol. The smallest absolute Gasteiger partial charge is 0.287 e. The summed E-state index contributed by atoms with van der Waals surface area (Å²) < 4.78 is 6.91. The lowest BCUT2D eigenvalue weighted by Gasteiger charge is -2.20. The van der Waals surface area contributed by atoms with Crippen molar-refractivity contribution in [3.8, 4) is 5.88 Å². The van der Waals surface area contributed by atoms with Gasteiger partial charge in [-0.05, 0) is 32.4 Å². The molecule has 7 heteroatoms. The monoisotopic (exact) mass is 322 g/mol. The molecule has 2 heterocycles. The molecule has 0 aliphatic rings. The number of aromatic nitrogens is 3. The van der Waals surface area contributed by atoms with E-state index in [0.717, 1.165) is 5.56 Å². The van der Waals surface area contributed by atoms with Gasteiger partial charge in [-0.3, -0.25) is 4.79 Å². The van der Waals surface area contributed by atoms with Crippen LogP contribution in [0.3, 0.4) is 0 Å². The normalized spacial score (nSPS) is 11.3. The van der Waals surface area contributed by atoms with E-state index < -0.39 is 0 Å². The first-order valence-corrected chi connectivity index (χ1v) is 7.24. The van der Waals surface area contributed by atoms with Crippen molar-refractivity contribution >= 4 is 17.3 Å². The Morgan fingerprint density at radius 1 is 1.41 bits per heavy atom. The number of nitrogens with zero attached hydrogens (tertiary/aromatic N) is 3. The molecular formula is C15H19ClN4O2. The maximum absolute atomic E-state index is 11.7. The van der Waals surface area contributed by atoms with E-state index in [1.165, 1.54) is 10.9 Å². The van der Waals surface area contributed by atoms with Crippen LogP contribution in [0.15, 0.2) is 29.3 Å². The van der Waals surface area contributed by atoms with E-state index in [2.05, 4.69) is 15.4 Å². The molecule has 0 radical (unpaired) electrons. The Morgan fingerprint density at radius 3 is 2.82 bits per heavy atom. The summed E-state index contributed by atoms with van der Waals surface area (Å²) in [4.78, 5) is 15.9. The molecule has 0 aromatic carbocycles. The number of halogens is 1. The van der Waals surface area contributed by atoms with Crippen molar-refractivity contribution in [3.63, 3.8) is 0 Å². The quantitative estimate of drug-likeness (QED) is 0.937. The molecule has 6 nitrogen and oxygen atoms in total. The first-order chi connectivity index (χ1) is 10.3. The zero-order valence-corrected chi connectivity index (χ0v) is 13.8. The van der Waals surface area contributed by atoms with E-state index in [4.69, 9.17) is 16.3 Å². The molecule has 2 aromatic rings. The SMILES string of the molecule is Cn1ncc(NCc2ccnc(OC(C)(C)C)c2)c(Cl)c1=O. The first kappa shape index (κ1) is 16.3. The van der Waals surface area contributed by atoms with Crippen LogP contribution in [0.5, 0.6) is 5.88 Å². The molecule has 0 bridgehead atoms. The van der Waals surface area contributed by atoms with Gasteiger partial charge in [0.1, 0.15) is 10.6 Å². The van der Waals surface area contributed by atoms with Crippen molar-refractivity contribution in [2.75, 3.05) is 5.32 Å². The van der Waals surface area contributed by atoms with Crippen molar-refractivity contribution < 1.29 is 4.74 Å². The molecule has 0 saturated carbocycles. The Kier molecular flexibility index (Phi) is 4.71. The second-order valence-corrected chi connectivity index (χ2v) is 6.25. The number of hydrogen-bond donors (Lipinski definition) is 1. The molecule has 0 unspecified atom stereocenters. The third kappa shape index (κ3) is 4.21. The molecule has 0 saturated heterocycles. The van der Waals surface area contributed by atoms with Gasteiger partial charge >= 0.3 is 0 Å². The summed E-state index contributed by atoms with van der Waals surface area (Å²) in [5, 5.41) is 7.16. The lowest BCUT2D eigenvalue weighted by atomic mass is 10.2. The third-order valence-corrected chi connectivity index (χ3v) is 3.14. The maximum Gasteiger partial charge on any atom is 0.287 e. The average Bonchev–Trinajstić information content (AvgIpc) is 2.43. The van der Waals surface area contributed by atoms with Gasteiger partial charge in [0.05, 0.1) is 11.9 Å². The minimum absolute atomic E-state index is 0.123. The molecule has 0 aliphatic heterocycles. The van der Waals surface area contributed by atoms with Crippen LogP contribution in [0.2, 0.25) is 5.02 Å². The fourth-order valence-electron chi connectivity index (χ4n) is 1.76. The Hall–Kier alpha value is -2.08. The van der Waals surface area contributed by atoms with Crippen molar-refractivity contribution in [2.45, 2.75) is 32.9 Å². The van der Waals surface area contributed by atoms with Gasteiger partial charge < -0.3 is 10.1 Å². The average molecular weight is 323 g/mol. The van der Waals surface area contributed by atoms with Gasteiger partial charge in [-0.2, -0.15) is 5.10 Å². The molecule has 2 aromatic heterocycles. The summed E-state index contributed by atoms with van der Waals surface area (Å²) in [7, 11) is 1.55. The van der Waals surface area contributed by atoms with E-state index in [1.54, 1.807) is 13.2 Å². The molecule has 118 valence electrons. The van der Waals surface area contributed by atoms with Gasteiger partial charge in [-0.15, -0.1) is 0 Å². The number of pyridine rings is 1. The van der Waals surface area contributed by atoms with Crippen LogP contribution in [-0.2, 0) is 13.6 Å². The molecule has 0 fully saturated rings. The second-order valence-electron chi connectivity index (χ2n) is 5.87. The standard InChI is InChI=1S/C15H19ClN4O2/c1-15(2,3)22-12-7-10(5-6-17-12)8-18-11-9-19-20(4)14(21)13(11)16/h5-7,9,18H,8H2,1-4H3. The van der Waals surface area contributed by atoms with Gasteiger partial charge in [0, 0.05) is 25.9 Å². The number of rotatable bonds is 4. The minimum Gasteiger partial charge on any atom is -0.472 e. The van der Waals surface area contributed by atoms with E-state index >= 15 is 0 Å². The van der Waals surface area contributed by atoms with E-state index in [0.29, 0.717) is 18.1 Å². The summed E-state index contributed by atoms with van der Waals surface area (Å²) >= 11 is 6.01. The van der Waals surface area contributed by atoms with Crippen LogP contribution >= 0.6 is 11.6 Å². The van der Waals surface area contributed by atoms with Crippen LogP contribution in [0, 0.1) is 0 Å². The molecule has 1 N–H and O–H groups in total. The zero-order chi connectivity index (χ0) is 16.3. The summed E-state index contributed by atoms with van der Waals surface area (Å²) in [5.41, 5.74) is 0.821. The van der Waals surface area contributed by atoms with Crippen molar-refractivity contribution in [2.24, 2.45) is 7.05 Å². The van der Waals surface area contributed by atoms with Crippen molar-refractivity contribution in [3.05, 3.63) is 45.5 Å². The van der Waals surface area contributed by atoms with Crippen molar-refractivity contribution in [1.29, 1.82) is 0 Å². The fourth-order valence-corrected chi connectivity index (χ4v) is 2.00. The maximum atomic E-state index is 11.7. The number of anilines is 1. The predicted octanol–water partition coefficient (Wildman–Crippen LogP) is 2.62. The molecule has 22 heavy (non-hydrogen) atoms. The summed E-state index contributed by atoms with van der Waals surface area (Å²) in [5.74, 6) is 0.556. The van der Waals surface area contributed by atoms with Gasteiger partial charge in [0.15, 0.2) is 0 Å². The second kappa shape index (κ2) is 6.36. The Bertz CT molecular complexity index is 722. The Morgan fingerprint density at radius 2 is 2.14 bits per heavy atom. The summed E-state index contributed by atoms with van der Waals surface area (Å²) in [6.07, 6.45) is 3.21.